The van der Waals surface area contributed by atoms with Crippen LogP contribution in [-0.2, 0) is 20.5 Å². The summed E-state index contributed by atoms with van der Waals surface area (Å²) < 4.78 is 33.1. The second kappa shape index (κ2) is 4.08. The van der Waals surface area contributed by atoms with Gasteiger partial charge < -0.3 is 8.92 Å². The van der Waals surface area contributed by atoms with Crippen molar-refractivity contribution in [2.45, 2.75) is 31.5 Å². The van der Waals surface area contributed by atoms with Crippen LogP contribution in [0.5, 0.6) is 5.75 Å². The molecule has 0 spiro atoms. The third-order valence-electron chi connectivity index (χ3n) is 3.64. The van der Waals surface area contributed by atoms with Crippen molar-refractivity contribution in [2.24, 2.45) is 0 Å². The lowest BCUT2D eigenvalue weighted by Crippen LogP contribution is -2.21. The lowest BCUT2D eigenvalue weighted by molar-refractivity contribution is 0.0292. The first kappa shape index (κ1) is 12.7. The molecule has 4 nitrogen and oxygen atoms in total. The molecule has 2 unspecified atom stereocenters. The minimum absolute atomic E-state index is 0.228. The maximum absolute atomic E-state index is 11.1. The molecule has 1 saturated heterocycles. The molecule has 1 aromatic rings. The van der Waals surface area contributed by atoms with Crippen LogP contribution in [0, 0.1) is 6.92 Å². The van der Waals surface area contributed by atoms with E-state index in [0.29, 0.717) is 5.75 Å². The lowest BCUT2D eigenvalue weighted by Gasteiger charge is -2.25. The molecule has 2 bridgehead atoms. The molecule has 0 aromatic heterocycles. The molecule has 5 heteroatoms. The monoisotopic (exact) mass is 280 g/mol. The molecule has 2 heterocycles. The molecule has 1 aromatic carbocycles. The highest BCUT2D eigenvalue weighted by Gasteiger charge is 2.43. The molecule has 2 aliphatic heterocycles. The van der Waals surface area contributed by atoms with E-state index in [1.165, 1.54) is 0 Å². The first-order valence-corrected chi connectivity index (χ1v) is 8.07. The Kier molecular flexibility index (Phi) is 2.73. The summed E-state index contributed by atoms with van der Waals surface area (Å²) in [7, 11) is -3.48. The summed E-state index contributed by atoms with van der Waals surface area (Å²) in [6.07, 6.45) is 7.49. The van der Waals surface area contributed by atoms with Crippen LogP contribution in [0.2, 0.25) is 0 Å². The van der Waals surface area contributed by atoms with E-state index >= 15 is 0 Å². The van der Waals surface area contributed by atoms with Crippen molar-refractivity contribution in [2.75, 3.05) is 6.26 Å². The highest BCUT2D eigenvalue weighted by atomic mass is 32.2. The molecule has 0 amide bonds. The standard InChI is InChI=1S/C14H16O4S/c1-10-9-12(18-19(2,15)16)3-4-13(10)14-7-5-11(17-14)6-8-14/h3-5,7,9,11H,6,8H2,1-2H3. The van der Waals surface area contributed by atoms with Gasteiger partial charge in [0.15, 0.2) is 0 Å². The first-order valence-electron chi connectivity index (χ1n) is 6.26. The molecule has 19 heavy (non-hydrogen) atoms. The van der Waals surface area contributed by atoms with Crippen LogP contribution in [0.3, 0.4) is 0 Å². The lowest BCUT2D eigenvalue weighted by atomic mass is 9.85. The summed E-state index contributed by atoms with van der Waals surface area (Å²) in [4.78, 5) is 0. The van der Waals surface area contributed by atoms with Gasteiger partial charge in [0.25, 0.3) is 0 Å². The zero-order chi connectivity index (χ0) is 13.7. The van der Waals surface area contributed by atoms with Gasteiger partial charge in [-0.25, -0.2) is 0 Å². The largest absolute Gasteiger partial charge is 0.383 e. The maximum Gasteiger partial charge on any atom is 0.306 e. The summed E-state index contributed by atoms with van der Waals surface area (Å²) >= 11 is 0. The fourth-order valence-corrected chi connectivity index (χ4v) is 3.34. The number of hydrogen-bond donors (Lipinski definition) is 0. The van der Waals surface area contributed by atoms with Gasteiger partial charge in [-0.1, -0.05) is 12.1 Å². The van der Waals surface area contributed by atoms with Crippen LogP contribution >= 0.6 is 0 Å². The zero-order valence-corrected chi connectivity index (χ0v) is 11.7. The van der Waals surface area contributed by atoms with Gasteiger partial charge >= 0.3 is 10.1 Å². The highest BCUT2D eigenvalue weighted by Crippen LogP contribution is 2.47. The van der Waals surface area contributed by atoms with E-state index in [0.717, 1.165) is 30.2 Å². The summed E-state index contributed by atoms with van der Waals surface area (Å²) in [5.41, 5.74) is 1.75. The van der Waals surface area contributed by atoms with Gasteiger partial charge in [0.2, 0.25) is 0 Å². The topological polar surface area (TPSA) is 52.6 Å². The van der Waals surface area contributed by atoms with Crippen LogP contribution in [0.1, 0.15) is 24.0 Å². The van der Waals surface area contributed by atoms with Crippen LogP contribution in [-0.4, -0.2) is 20.8 Å². The van der Waals surface area contributed by atoms with E-state index in [1.54, 1.807) is 12.1 Å². The van der Waals surface area contributed by atoms with Gasteiger partial charge in [0.05, 0.1) is 12.4 Å². The molecular formula is C14H16O4S. The van der Waals surface area contributed by atoms with Crippen LogP contribution in [0.4, 0.5) is 0 Å². The summed E-state index contributed by atoms with van der Waals surface area (Å²) in [5.74, 6) is 0.344. The minimum atomic E-state index is -3.48. The number of fused-ring (bicyclic) bond motifs is 2. The minimum Gasteiger partial charge on any atom is -0.383 e. The fourth-order valence-electron chi connectivity index (χ4n) is 2.89. The van der Waals surface area contributed by atoms with Gasteiger partial charge in [-0.3, -0.25) is 0 Å². The molecule has 0 N–H and O–H groups in total. The molecule has 0 saturated carbocycles. The van der Waals surface area contributed by atoms with Crippen molar-refractivity contribution in [3.63, 3.8) is 0 Å². The molecule has 0 radical (unpaired) electrons. The normalized spacial score (nSPS) is 28.8. The maximum atomic E-state index is 11.1. The number of ether oxygens (including phenoxy) is 1. The molecule has 3 rings (SSSR count). The van der Waals surface area contributed by atoms with Gasteiger partial charge in [-0.15, -0.1) is 0 Å². The van der Waals surface area contributed by atoms with E-state index in [9.17, 15) is 8.42 Å². The van der Waals surface area contributed by atoms with Gasteiger partial charge in [-0.05, 0) is 49.1 Å². The Morgan fingerprint density at radius 2 is 2.21 bits per heavy atom. The number of benzene rings is 1. The average Bonchev–Trinajstić information content (AvgIpc) is 2.87. The van der Waals surface area contributed by atoms with Crippen LogP contribution in [0.15, 0.2) is 30.4 Å². The molecule has 2 atom stereocenters. The predicted octanol–water partition coefficient (Wildman–Crippen LogP) is 2.28. The number of rotatable bonds is 3. The van der Waals surface area contributed by atoms with Crippen molar-refractivity contribution in [3.05, 3.63) is 41.5 Å². The third-order valence-corrected chi connectivity index (χ3v) is 4.14. The van der Waals surface area contributed by atoms with E-state index in [4.69, 9.17) is 8.92 Å². The van der Waals surface area contributed by atoms with Crippen molar-refractivity contribution < 1.29 is 17.3 Å². The van der Waals surface area contributed by atoms with Gasteiger partial charge in [0.1, 0.15) is 11.4 Å². The molecule has 1 fully saturated rings. The Balaban J connectivity index is 1.95. The van der Waals surface area contributed by atoms with E-state index in [-0.39, 0.29) is 11.7 Å². The Morgan fingerprint density at radius 1 is 1.42 bits per heavy atom. The summed E-state index contributed by atoms with van der Waals surface area (Å²) in [5, 5.41) is 0. The molecular weight excluding hydrogens is 264 g/mol. The zero-order valence-electron chi connectivity index (χ0n) is 10.9. The number of aryl methyl sites for hydroxylation is 1. The van der Waals surface area contributed by atoms with Crippen LogP contribution in [0.25, 0.3) is 0 Å². The molecule has 0 aliphatic carbocycles. The van der Waals surface area contributed by atoms with Crippen LogP contribution < -0.4 is 4.18 Å². The molecule has 102 valence electrons. The number of hydrogen-bond acceptors (Lipinski definition) is 4. The Bertz CT molecular complexity index is 647. The van der Waals surface area contributed by atoms with E-state index in [2.05, 4.69) is 12.2 Å². The SMILES string of the molecule is Cc1cc(OS(C)(=O)=O)ccc1C12C=CC(CC1)O2. The fraction of sp³-hybridized carbons (Fsp3) is 0.429. The summed E-state index contributed by atoms with van der Waals surface area (Å²) in [6, 6.07) is 5.32. The van der Waals surface area contributed by atoms with Crippen molar-refractivity contribution in [1.29, 1.82) is 0 Å². The smallest absolute Gasteiger partial charge is 0.306 e. The highest BCUT2D eigenvalue weighted by molar-refractivity contribution is 7.86. The van der Waals surface area contributed by atoms with Crippen molar-refractivity contribution >= 4 is 10.1 Å². The predicted molar refractivity (Wildman–Crippen MR) is 71.6 cm³/mol. The first-order chi connectivity index (χ1) is 8.88. The van der Waals surface area contributed by atoms with Gasteiger partial charge in [0, 0.05) is 0 Å². The van der Waals surface area contributed by atoms with E-state index < -0.39 is 10.1 Å². The second-order valence-corrected chi connectivity index (χ2v) is 6.78. The second-order valence-electron chi connectivity index (χ2n) is 5.21. The van der Waals surface area contributed by atoms with Crippen molar-refractivity contribution in [3.8, 4) is 5.75 Å². The van der Waals surface area contributed by atoms with E-state index in [1.807, 2.05) is 13.0 Å². The summed E-state index contributed by atoms with van der Waals surface area (Å²) in [6.45, 7) is 1.95. The third kappa shape index (κ3) is 2.28. The Hall–Kier alpha value is -1.33. The Labute approximate surface area is 113 Å². The van der Waals surface area contributed by atoms with Gasteiger partial charge in [-0.2, -0.15) is 8.42 Å². The average molecular weight is 280 g/mol. The quantitative estimate of drug-likeness (QED) is 0.629. The molecule has 2 aliphatic rings. The Morgan fingerprint density at radius 3 is 2.68 bits per heavy atom. The van der Waals surface area contributed by atoms with Crippen molar-refractivity contribution in [1.82, 2.24) is 0 Å².